The van der Waals surface area contributed by atoms with E-state index in [-0.39, 0.29) is 0 Å². The van der Waals surface area contributed by atoms with E-state index in [0.717, 1.165) is 11.3 Å². The first-order valence-corrected chi connectivity index (χ1v) is 8.65. The molecular formula is C19H17N3O3S. The SMILES string of the molecule is COC(=O)c1cc(C=NNc2nc(-c3ccccc3)cs2)cc(OC)c1. The fourth-order valence-electron chi connectivity index (χ4n) is 2.28. The molecule has 0 unspecified atom stereocenters. The maximum Gasteiger partial charge on any atom is 0.338 e. The molecule has 0 bridgehead atoms. The van der Waals surface area contributed by atoms with E-state index >= 15 is 0 Å². The van der Waals surface area contributed by atoms with Gasteiger partial charge in [0.2, 0.25) is 5.13 Å². The van der Waals surface area contributed by atoms with Crippen molar-refractivity contribution in [3.8, 4) is 17.0 Å². The smallest absolute Gasteiger partial charge is 0.338 e. The Balaban J connectivity index is 1.73. The van der Waals surface area contributed by atoms with Crippen LogP contribution in [0.25, 0.3) is 11.3 Å². The van der Waals surface area contributed by atoms with Crippen molar-refractivity contribution in [3.63, 3.8) is 0 Å². The molecule has 0 amide bonds. The van der Waals surface area contributed by atoms with Crippen LogP contribution in [0.2, 0.25) is 0 Å². The summed E-state index contributed by atoms with van der Waals surface area (Å²) in [5, 5.41) is 6.83. The highest BCUT2D eigenvalue weighted by Gasteiger charge is 2.08. The van der Waals surface area contributed by atoms with Gasteiger partial charge < -0.3 is 9.47 Å². The molecule has 0 fully saturated rings. The fraction of sp³-hybridized carbons (Fsp3) is 0.105. The zero-order chi connectivity index (χ0) is 18.4. The number of carbonyl (C=O) groups is 1. The summed E-state index contributed by atoms with van der Waals surface area (Å²) < 4.78 is 9.95. The van der Waals surface area contributed by atoms with Gasteiger partial charge in [-0.1, -0.05) is 30.3 Å². The predicted molar refractivity (Wildman–Crippen MR) is 103 cm³/mol. The minimum absolute atomic E-state index is 0.397. The summed E-state index contributed by atoms with van der Waals surface area (Å²) in [5.74, 6) is 0.119. The minimum Gasteiger partial charge on any atom is -0.497 e. The van der Waals surface area contributed by atoms with Crippen molar-refractivity contribution in [2.75, 3.05) is 19.6 Å². The highest BCUT2D eigenvalue weighted by atomic mass is 32.1. The molecule has 3 rings (SSSR count). The second-order valence-corrected chi connectivity index (χ2v) is 6.12. The number of nitrogens with one attached hydrogen (secondary N) is 1. The molecule has 2 aromatic carbocycles. The molecular weight excluding hydrogens is 350 g/mol. The summed E-state index contributed by atoms with van der Waals surface area (Å²) in [4.78, 5) is 16.2. The van der Waals surface area contributed by atoms with Crippen LogP contribution in [0.5, 0.6) is 5.75 Å². The lowest BCUT2D eigenvalue weighted by atomic mass is 10.1. The lowest BCUT2D eigenvalue weighted by Gasteiger charge is -2.05. The van der Waals surface area contributed by atoms with E-state index in [1.54, 1.807) is 24.4 Å². The molecule has 1 N–H and O–H groups in total. The Kier molecular flexibility index (Phi) is 5.60. The van der Waals surface area contributed by atoms with Crippen LogP contribution in [-0.2, 0) is 4.74 Å². The van der Waals surface area contributed by atoms with Crippen molar-refractivity contribution in [1.29, 1.82) is 0 Å². The average Bonchev–Trinajstić information content (AvgIpc) is 3.16. The lowest BCUT2D eigenvalue weighted by Crippen LogP contribution is -2.03. The Morgan fingerprint density at radius 2 is 2.00 bits per heavy atom. The zero-order valence-corrected chi connectivity index (χ0v) is 15.1. The molecule has 0 aliphatic carbocycles. The number of benzene rings is 2. The monoisotopic (exact) mass is 367 g/mol. The molecule has 0 aliphatic heterocycles. The van der Waals surface area contributed by atoms with E-state index in [4.69, 9.17) is 9.47 Å². The Morgan fingerprint density at radius 1 is 1.19 bits per heavy atom. The minimum atomic E-state index is -0.432. The van der Waals surface area contributed by atoms with Gasteiger partial charge in [-0.3, -0.25) is 5.43 Å². The van der Waals surface area contributed by atoms with Gasteiger partial charge in [0, 0.05) is 10.9 Å². The van der Waals surface area contributed by atoms with Crippen LogP contribution < -0.4 is 10.2 Å². The van der Waals surface area contributed by atoms with E-state index in [0.29, 0.717) is 22.0 Å². The number of hydrazone groups is 1. The van der Waals surface area contributed by atoms with Gasteiger partial charge in [-0.25, -0.2) is 9.78 Å². The normalized spacial score (nSPS) is 10.7. The largest absolute Gasteiger partial charge is 0.497 e. The van der Waals surface area contributed by atoms with Gasteiger partial charge in [0.05, 0.1) is 31.7 Å². The van der Waals surface area contributed by atoms with E-state index in [9.17, 15) is 4.79 Å². The molecule has 0 saturated heterocycles. The zero-order valence-electron chi connectivity index (χ0n) is 14.3. The van der Waals surface area contributed by atoms with Crippen molar-refractivity contribution >= 4 is 28.7 Å². The third-order valence-electron chi connectivity index (χ3n) is 3.53. The number of hydrogen-bond acceptors (Lipinski definition) is 7. The topological polar surface area (TPSA) is 72.8 Å². The van der Waals surface area contributed by atoms with Crippen molar-refractivity contribution in [3.05, 3.63) is 65.0 Å². The molecule has 0 radical (unpaired) electrons. The van der Waals surface area contributed by atoms with Crippen molar-refractivity contribution in [2.45, 2.75) is 0 Å². The maximum absolute atomic E-state index is 11.7. The Morgan fingerprint density at radius 3 is 2.73 bits per heavy atom. The number of anilines is 1. The lowest BCUT2D eigenvalue weighted by molar-refractivity contribution is 0.0600. The number of esters is 1. The molecule has 0 saturated carbocycles. The highest BCUT2D eigenvalue weighted by molar-refractivity contribution is 7.14. The molecule has 0 spiro atoms. The number of methoxy groups -OCH3 is 2. The number of aromatic nitrogens is 1. The molecule has 0 atom stereocenters. The van der Waals surface area contributed by atoms with E-state index < -0.39 is 5.97 Å². The van der Waals surface area contributed by atoms with Crippen molar-refractivity contribution in [2.24, 2.45) is 5.10 Å². The van der Waals surface area contributed by atoms with Gasteiger partial charge in [-0.15, -0.1) is 11.3 Å². The van der Waals surface area contributed by atoms with Crippen LogP contribution in [0.3, 0.4) is 0 Å². The summed E-state index contributed by atoms with van der Waals surface area (Å²) in [7, 11) is 2.88. The summed E-state index contributed by atoms with van der Waals surface area (Å²) in [6.45, 7) is 0. The third-order valence-corrected chi connectivity index (χ3v) is 4.28. The summed E-state index contributed by atoms with van der Waals surface area (Å²) in [5.41, 5.74) is 5.95. The van der Waals surface area contributed by atoms with E-state index in [1.807, 2.05) is 35.7 Å². The quantitative estimate of drug-likeness (QED) is 0.404. The van der Waals surface area contributed by atoms with Crippen molar-refractivity contribution < 1.29 is 14.3 Å². The van der Waals surface area contributed by atoms with Gasteiger partial charge in [0.25, 0.3) is 0 Å². The Hall–Kier alpha value is -3.19. The van der Waals surface area contributed by atoms with Gasteiger partial charge in [0.15, 0.2) is 0 Å². The molecule has 0 aliphatic rings. The first-order chi connectivity index (χ1) is 12.7. The molecule has 7 heteroatoms. The van der Waals surface area contributed by atoms with Crippen LogP contribution in [0.4, 0.5) is 5.13 Å². The van der Waals surface area contributed by atoms with Gasteiger partial charge >= 0.3 is 5.97 Å². The number of thiazole rings is 1. The van der Waals surface area contributed by atoms with Crippen LogP contribution in [-0.4, -0.2) is 31.4 Å². The first-order valence-electron chi connectivity index (χ1n) is 7.77. The van der Waals surface area contributed by atoms with Crippen LogP contribution in [0.15, 0.2) is 59.0 Å². The average molecular weight is 367 g/mol. The molecule has 3 aromatic rings. The second-order valence-electron chi connectivity index (χ2n) is 5.26. The Labute approximate surface area is 155 Å². The molecule has 132 valence electrons. The molecule has 1 heterocycles. The van der Waals surface area contributed by atoms with Gasteiger partial charge in [0.1, 0.15) is 5.75 Å². The number of carbonyl (C=O) groups excluding carboxylic acids is 1. The third kappa shape index (κ3) is 4.25. The molecule has 26 heavy (non-hydrogen) atoms. The van der Waals surface area contributed by atoms with E-state index in [2.05, 4.69) is 15.5 Å². The number of nitrogens with zero attached hydrogens (tertiary/aromatic N) is 2. The molecule has 6 nitrogen and oxygen atoms in total. The standard InChI is InChI=1S/C19H17N3O3S/c1-24-16-9-13(8-15(10-16)18(23)25-2)11-20-22-19-21-17(12-26-19)14-6-4-3-5-7-14/h3-12H,1-2H3,(H,21,22). The number of rotatable bonds is 6. The van der Waals surface area contributed by atoms with Gasteiger partial charge in [-0.2, -0.15) is 5.10 Å². The van der Waals surface area contributed by atoms with Crippen molar-refractivity contribution in [1.82, 2.24) is 4.98 Å². The van der Waals surface area contributed by atoms with E-state index in [1.165, 1.54) is 25.6 Å². The molecule has 1 aromatic heterocycles. The highest BCUT2D eigenvalue weighted by Crippen LogP contribution is 2.24. The second kappa shape index (κ2) is 8.26. The number of ether oxygens (including phenoxy) is 2. The number of hydrogen-bond donors (Lipinski definition) is 1. The predicted octanol–water partition coefficient (Wildman–Crippen LogP) is 4.05. The first kappa shape index (κ1) is 17.6. The summed E-state index contributed by atoms with van der Waals surface area (Å²) >= 11 is 1.46. The van der Waals surface area contributed by atoms with Gasteiger partial charge in [-0.05, 0) is 23.8 Å². The van der Waals surface area contributed by atoms with Crippen LogP contribution >= 0.6 is 11.3 Å². The van der Waals surface area contributed by atoms with Crippen LogP contribution in [0, 0.1) is 0 Å². The maximum atomic E-state index is 11.7. The summed E-state index contributed by atoms with van der Waals surface area (Å²) in [6.07, 6.45) is 1.60. The fourth-order valence-corrected chi connectivity index (χ4v) is 2.95. The summed E-state index contributed by atoms with van der Waals surface area (Å²) in [6, 6.07) is 15.0. The Bertz CT molecular complexity index is 923. The van der Waals surface area contributed by atoms with Crippen LogP contribution in [0.1, 0.15) is 15.9 Å².